The number of aromatic carboxylic acids is 1. The summed E-state index contributed by atoms with van der Waals surface area (Å²) in [6.45, 7) is 1.49. The smallest absolute Gasteiger partial charge is 0.341 e. The summed E-state index contributed by atoms with van der Waals surface area (Å²) in [6, 6.07) is 17.0. The number of amides is 2. The zero-order chi connectivity index (χ0) is 29.1. The summed E-state index contributed by atoms with van der Waals surface area (Å²) < 4.78 is 16.6. The average molecular weight is 556 g/mol. The highest BCUT2D eigenvalue weighted by molar-refractivity contribution is 6.02. The Morgan fingerprint density at radius 2 is 1.71 bits per heavy atom. The predicted octanol–water partition coefficient (Wildman–Crippen LogP) is 5.77. The lowest BCUT2D eigenvalue weighted by atomic mass is 9.94. The first-order valence-corrected chi connectivity index (χ1v) is 13.6. The van der Waals surface area contributed by atoms with Crippen molar-refractivity contribution in [2.24, 2.45) is 0 Å². The number of halogens is 1. The number of carboxylic acids is 1. The van der Waals surface area contributed by atoms with E-state index in [-0.39, 0.29) is 28.2 Å². The van der Waals surface area contributed by atoms with Crippen molar-refractivity contribution in [2.45, 2.75) is 51.1 Å². The molecule has 0 saturated heterocycles. The highest BCUT2D eigenvalue weighted by Gasteiger charge is 2.22. The van der Waals surface area contributed by atoms with Gasteiger partial charge in [-0.1, -0.05) is 55.7 Å². The van der Waals surface area contributed by atoms with Crippen LogP contribution in [-0.2, 0) is 4.79 Å². The zero-order valence-electron chi connectivity index (χ0n) is 22.5. The molecule has 3 N–H and O–H groups in total. The van der Waals surface area contributed by atoms with Gasteiger partial charge >= 0.3 is 5.97 Å². The molecule has 1 aliphatic carbocycles. The number of nitrogens with one attached hydrogen (secondary N) is 2. The fourth-order valence-electron chi connectivity index (χ4n) is 5.35. The number of hydrogen-bond acceptors (Lipinski definition) is 4. The Kier molecular flexibility index (Phi) is 7.96. The van der Waals surface area contributed by atoms with Crippen LogP contribution < -0.4 is 16.1 Å². The number of rotatable bonds is 7. The van der Waals surface area contributed by atoms with Gasteiger partial charge in [0.15, 0.2) is 0 Å². The number of fused-ring (bicyclic) bond motifs is 1. The number of carbonyl (C=O) groups excluding carboxylic acids is 2. The Morgan fingerprint density at radius 1 is 0.976 bits per heavy atom. The molecular weight excluding hydrogens is 525 g/mol. The minimum Gasteiger partial charge on any atom is -0.477 e. The molecule has 41 heavy (non-hydrogen) atoms. The third kappa shape index (κ3) is 5.89. The second-order valence-corrected chi connectivity index (χ2v) is 10.4. The van der Waals surface area contributed by atoms with Crippen LogP contribution >= 0.6 is 0 Å². The Morgan fingerprint density at radius 3 is 2.39 bits per heavy atom. The van der Waals surface area contributed by atoms with Crippen LogP contribution in [0.1, 0.15) is 65.8 Å². The Balaban J connectivity index is 1.33. The van der Waals surface area contributed by atoms with Crippen LogP contribution in [0.2, 0.25) is 0 Å². The van der Waals surface area contributed by atoms with Crippen molar-refractivity contribution in [3.8, 4) is 11.1 Å². The van der Waals surface area contributed by atoms with Crippen molar-refractivity contribution in [3.63, 3.8) is 0 Å². The maximum absolute atomic E-state index is 14.7. The van der Waals surface area contributed by atoms with Gasteiger partial charge in [-0.3, -0.25) is 14.4 Å². The Labute approximate surface area is 235 Å². The van der Waals surface area contributed by atoms with E-state index >= 15 is 0 Å². The van der Waals surface area contributed by atoms with Crippen LogP contribution in [0.5, 0.6) is 0 Å². The van der Waals surface area contributed by atoms with Crippen LogP contribution in [0.3, 0.4) is 0 Å². The van der Waals surface area contributed by atoms with Gasteiger partial charge in [-0.05, 0) is 55.7 Å². The second kappa shape index (κ2) is 11.8. The molecule has 8 nitrogen and oxygen atoms in total. The normalized spacial score (nSPS) is 14.4. The maximum atomic E-state index is 14.7. The number of aromatic nitrogens is 1. The maximum Gasteiger partial charge on any atom is 0.341 e. The summed E-state index contributed by atoms with van der Waals surface area (Å²) >= 11 is 0. The molecule has 5 rings (SSSR count). The number of pyridine rings is 1. The summed E-state index contributed by atoms with van der Waals surface area (Å²) in [5.41, 5.74) is 1.05. The van der Waals surface area contributed by atoms with Crippen LogP contribution in [0.15, 0.2) is 77.7 Å². The summed E-state index contributed by atoms with van der Waals surface area (Å²) in [5, 5.41) is 15.1. The van der Waals surface area contributed by atoms with Crippen molar-refractivity contribution in [1.82, 2.24) is 9.88 Å². The van der Waals surface area contributed by atoms with E-state index in [1.54, 1.807) is 36.4 Å². The van der Waals surface area contributed by atoms with Crippen molar-refractivity contribution in [2.75, 3.05) is 5.32 Å². The molecular formula is C32H30FN3O5. The zero-order valence-corrected chi connectivity index (χ0v) is 22.5. The molecule has 0 spiro atoms. The van der Waals surface area contributed by atoms with Gasteiger partial charge in [0.2, 0.25) is 11.3 Å². The fourth-order valence-corrected chi connectivity index (χ4v) is 5.35. The molecule has 3 aromatic carbocycles. The number of carbonyl (C=O) groups is 3. The molecule has 0 bridgehead atoms. The highest BCUT2D eigenvalue weighted by Crippen LogP contribution is 2.31. The number of anilines is 1. The Bertz CT molecular complexity index is 1690. The standard InChI is InChI=1S/C32H30FN3O5/c1-19(34-31(39)21-12-14-24(27(33)16-21)20-8-4-2-5-9-20)30(38)35-22-13-15-28-25(17-22)29(37)26(32(40)41)18-36(28)23-10-6-3-7-11-23/h2,4-5,8-9,12-19,23H,3,6-7,10-11H2,1H3,(H,34,39)(H,35,38)(H,40,41)/t19-/m0/s1. The van der Waals surface area contributed by atoms with E-state index < -0.39 is 35.1 Å². The molecule has 1 fully saturated rings. The van der Waals surface area contributed by atoms with Gasteiger partial charge < -0.3 is 20.3 Å². The van der Waals surface area contributed by atoms with Gasteiger partial charge in [0.1, 0.15) is 17.4 Å². The van der Waals surface area contributed by atoms with E-state index in [0.29, 0.717) is 16.6 Å². The lowest BCUT2D eigenvalue weighted by molar-refractivity contribution is -0.117. The lowest BCUT2D eigenvalue weighted by Crippen LogP contribution is -2.41. The molecule has 210 valence electrons. The van der Waals surface area contributed by atoms with Gasteiger partial charge in [0.25, 0.3) is 5.91 Å². The van der Waals surface area contributed by atoms with Crippen LogP contribution in [0, 0.1) is 5.82 Å². The monoisotopic (exact) mass is 555 g/mol. The van der Waals surface area contributed by atoms with E-state index in [4.69, 9.17) is 0 Å². The first kappa shape index (κ1) is 27.8. The summed E-state index contributed by atoms with van der Waals surface area (Å²) in [6.07, 6.45) is 6.40. The molecule has 0 unspecified atom stereocenters. The van der Waals surface area contributed by atoms with Gasteiger partial charge in [-0.25, -0.2) is 9.18 Å². The molecule has 9 heteroatoms. The topological polar surface area (TPSA) is 118 Å². The van der Waals surface area contributed by atoms with Crippen LogP contribution in [0.25, 0.3) is 22.0 Å². The average Bonchev–Trinajstić information content (AvgIpc) is 2.98. The molecule has 1 aliphatic rings. The summed E-state index contributed by atoms with van der Waals surface area (Å²) in [5.74, 6) is -3.04. The van der Waals surface area contributed by atoms with Gasteiger partial charge in [0, 0.05) is 34.4 Å². The van der Waals surface area contributed by atoms with Crippen molar-refractivity contribution in [1.29, 1.82) is 0 Å². The molecule has 2 amide bonds. The minimum absolute atomic E-state index is 0.0667. The third-order valence-corrected chi connectivity index (χ3v) is 7.56. The SMILES string of the molecule is C[C@H](NC(=O)c1ccc(-c2ccccc2)c(F)c1)C(=O)Nc1ccc2c(c1)c(=O)c(C(=O)O)cn2C1CCCCC1. The molecule has 1 aromatic heterocycles. The number of nitrogens with zero attached hydrogens (tertiary/aromatic N) is 1. The summed E-state index contributed by atoms with van der Waals surface area (Å²) in [7, 11) is 0. The first-order chi connectivity index (χ1) is 19.7. The van der Waals surface area contributed by atoms with E-state index in [9.17, 15) is 28.7 Å². The largest absolute Gasteiger partial charge is 0.477 e. The molecule has 1 heterocycles. The van der Waals surface area contributed by atoms with Gasteiger partial charge in [-0.2, -0.15) is 0 Å². The van der Waals surface area contributed by atoms with E-state index in [0.717, 1.165) is 38.2 Å². The van der Waals surface area contributed by atoms with Crippen LogP contribution in [-0.4, -0.2) is 33.5 Å². The first-order valence-electron chi connectivity index (χ1n) is 13.6. The van der Waals surface area contributed by atoms with E-state index in [1.807, 2.05) is 10.6 Å². The van der Waals surface area contributed by atoms with Crippen molar-refractivity contribution >= 4 is 34.4 Å². The van der Waals surface area contributed by atoms with Crippen LogP contribution in [0.4, 0.5) is 10.1 Å². The fraction of sp³-hybridized carbons (Fsp3) is 0.250. The number of hydrogen-bond donors (Lipinski definition) is 3. The van der Waals surface area contributed by atoms with Gasteiger partial charge in [0.05, 0.1) is 5.52 Å². The minimum atomic E-state index is -1.31. The number of benzene rings is 3. The number of carboxylic acid groups (broad SMARTS) is 1. The molecule has 0 aliphatic heterocycles. The van der Waals surface area contributed by atoms with Gasteiger partial charge in [-0.15, -0.1) is 0 Å². The second-order valence-electron chi connectivity index (χ2n) is 10.4. The summed E-state index contributed by atoms with van der Waals surface area (Å²) in [4.78, 5) is 50.5. The lowest BCUT2D eigenvalue weighted by Gasteiger charge is -2.26. The molecule has 1 saturated carbocycles. The quantitative estimate of drug-likeness (QED) is 0.268. The predicted molar refractivity (Wildman–Crippen MR) is 155 cm³/mol. The van der Waals surface area contributed by atoms with Crippen molar-refractivity contribution in [3.05, 3.63) is 100 Å². The highest BCUT2D eigenvalue weighted by atomic mass is 19.1. The third-order valence-electron chi connectivity index (χ3n) is 7.56. The Hall–Kier alpha value is -4.79. The van der Waals surface area contributed by atoms with Crippen molar-refractivity contribution < 1.29 is 23.9 Å². The van der Waals surface area contributed by atoms with E-state index in [1.165, 1.54) is 31.3 Å². The molecule has 4 aromatic rings. The van der Waals surface area contributed by atoms with E-state index in [2.05, 4.69) is 10.6 Å². The molecule has 1 atom stereocenters. The molecule has 0 radical (unpaired) electrons.